The van der Waals surface area contributed by atoms with Gasteiger partial charge in [0, 0.05) is 17.1 Å². The van der Waals surface area contributed by atoms with Crippen molar-refractivity contribution in [3.63, 3.8) is 0 Å². The third kappa shape index (κ3) is 2.12. The summed E-state index contributed by atoms with van der Waals surface area (Å²) in [6.07, 6.45) is 1.69. The van der Waals surface area contributed by atoms with Gasteiger partial charge in [-0.05, 0) is 18.2 Å². The molecular weight excluding hydrogens is 258 g/mol. The fourth-order valence-corrected chi connectivity index (χ4v) is 1.61. The number of nitrogens with zero attached hydrogens (tertiary/aromatic N) is 2. The molecule has 5 heteroatoms. The van der Waals surface area contributed by atoms with Crippen molar-refractivity contribution in [2.75, 3.05) is 0 Å². The lowest BCUT2D eigenvalue weighted by Crippen LogP contribution is -2.13. The number of pyridine rings is 1. The monoisotopic (exact) mass is 265 g/mol. The van der Waals surface area contributed by atoms with Crippen LogP contribution in [0.4, 0.5) is 0 Å². The Bertz CT molecular complexity index is 510. The summed E-state index contributed by atoms with van der Waals surface area (Å²) in [5.74, 6) is 0. The Morgan fingerprint density at radius 1 is 1.33 bits per heavy atom. The van der Waals surface area contributed by atoms with Crippen molar-refractivity contribution in [3.05, 3.63) is 46.4 Å². The number of rotatable bonds is 2. The van der Waals surface area contributed by atoms with Gasteiger partial charge >= 0.3 is 0 Å². The van der Waals surface area contributed by atoms with Gasteiger partial charge in [0.1, 0.15) is 5.69 Å². The number of H-pyrrole nitrogens is 1. The van der Waals surface area contributed by atoms with Crippen molar-refractivity contribution in [2.24, 2.45) is 0 Å². The predicted molar refractivity (Wildman–Crippen MR) is 60.7 cm³/mol. The highest BCUT2D eigenvalue weighted by atomic mass is 79.9. The molecule has 0 fully saturated rings. The van der Waals surface area contributed by atoms with Gasteiger partial charge < -0.3 is 0 Å². The van der Waals surface area contributed by atoms with E-state index in [0.717, 1.165) is 5.69 Å². The van der Waals surface area contributed by atoms with Gasteiger partial charge in [-0.15, -0.1) is 0 Å². The molecular formula is C10H8BrN3O. The van der Waals surface area contributed by atoms with Gasteiger partial charge in [-0.2, -0.15) is 5.10 Å². The van der Waals surface area contributed by atoms with Crippen LogP contribution in [0.5, 0.6) is 0 Å². The molecule has 0 aromatic carbocycles. The fraction of sp³-hybridized carbons (Fsp3) is 0.100. The van der Waals surface area contributed by atoms with Crippen LogP contribution >= 0.6 is 15.9 Å². The number of aromatic nitrogens is 3. The molecule has 76 valence electrons. The van der Waals surface area contributed by atoms with Crippen LogP contribution in [-0.2, 0) is 5.33 Å². The summed E-state index contributed by atoms with van der Waals surface area (Å²) < 4.78 is 0. The van der Waals surface area contributed by atoms with E-state index in [1.165, 1.54) is 0 Å². The molecule has 0 atom stereocenters. The highest BCUT2D eigenvalue weighted by molar-refractivity contribution is 9.08. The number of nitrogens with one attached hydrogen (secondary N) is 1. The lowest BCUT2D eigenvalue weighted by molar-refractivity contribution is 0.967. The molecule has 2 rings (SSSR count). The minimum atomic E-state index is -0.174. The zero-order valence-corrected chi connectivity index (χ0v) is 9.36. The predicted octanol–water partition coefficient (Wildman–Crippen LogP) is 1.73. The van der Waals surface area contributed by atoms with E-state index in [4.69, 9.17) is 0 Å². The molecule has 2 heterocycles. The summed E-state index contributed by atoms with van der Waals surface area (Å²) in [5.41, 5.74) is 1.89. The van der Waals surface area contributed by atoms with Crippen molar-refractivity contribution in [2.45, 2.75) is 5.33 Å². The van der Waals surface area contributed by atoms with Crippen LogP contribution in [0.25, 0.3) is 11.4 Å². The maximum absolute atomic E-state index is 11.3. The molecule has 0 amide bonds. The molecule has 2 aromatic rings. The molecule has 0 spiro atoms. The zero-order chi connectivity index (χ0) is 10.7. The summed E-state index contributed by atoms with van der Waals surface area (Å²) >= 11 is 3.25. The van der Waals surface area contributed by atoms with Crippen molar-refractivity contribution < 1.29 is 0 Å². The zero-order valence-electron chi connectivity index (χ0n) is 7.77. The number of alkyl halides is 1. The third-order valence-electron chi connectivity index (χ3n) is 1.95. The van der Waals surface area contributed by atoms with Crippen LogP contribution in [0.1, 0.15) is 5.56 Å². The second kappa shape index (κ2) is 4.35. The summed E-state index contributed by atoms with van der Waals surface area (Å²) in [6, 6.07) is 7.29. The van der Waals surface area contributed by atoms with E-state index in [9.17, 15) is 4.79 Å². The molecule has 0 saturated carbocycles. The van der Waals surface area contributed by atoms with E-state index in [2.05, 4.69) is 31.1 Å². The smallest absolute Gasteiger partial charge is 0.268 e. The van der Waals surface area contributed by atoms with Crippen molar-refractivity contribution in [1.82, 2.24) is 15.2 Å². The summed E-state index contributed by atoms with van der Waals surface area (Å²) in [5, 5.41) is 6.88. The lowest BCUT2D eigenvalue weighted by atomic mass is 10.2. The van der Waals surface area contributed by atoms with E-state index in [1.54, 1.807) is 12.3 Å². The SMILES string of the molecule is O=c1[nH]nc(-c2ccccn2)cc1CBr. The highest BCUT2D eigenvalue weighted by Gasteiger charge is 2.04. The van der Waals surface area contributed by atoms with Gasteiger partial charge in [0.25, 0.3) is 5.56 Å². The first-order valence-corrected chi connectivity index (χ1v) is 5.49. The normalized spacial score (nSPS) is 10.2. The number of hydrogen-bond acceptors (Lipinski definition) is 3. The van der Waals surface area contributed by atoms with Crippen molar-refractivity contribution >= 4 is 15.9 Å². The quantitative estimate of drug-likeness (QED) is 0.842. The number of aromatic amines is 1. The second-order valence-corrected chi connectivity index (χ2v) is 3.52. The van der Waals surface area contributed by atoms with Gasteiger partial charge in [-0.25, -0.2) is 5.10 Å². The van der Waals surface area contributed by atoms with Gasteiger partial charge in [0.2, 0.25) is 0 Å². The Labute approximate surface area is 94.5 Å². The molecule has 0 saturated heterocycles. The number of hydrogen-bond donors (Lipinski definition) is 1. The molecule has 0 aliphatic rings. The van der Waals surface area contributed by atoms with Crippen LogP contribution in [0, 0.1) is 0 Å². The standard InChI is InChI=1S/C10H8BrN3O/c11-6-7-5-9(13-14-10(7)15)8-3-1-2-4-12-8/h1-5H,6H2,(H,14,15). The minimum Gasteiger partial charge on any atom is -0.268 e. The molecule has 15 heavy (non-hydrogen) atoms. The van der Waals surface area contributed by atoms with Gasteiger partial charge in [0.15, 0.2) is 0 Å². The topological polar surface area (TPSA) is 58.6 Å². The molecule has 0 aliphatic carbocycles. The Morgan fingerprint density at radius 3 is 2.87 bits per heavy atom. The van der Waals surface area contributed by atoms with Crippen LogP contribution in [0.2, 0.25) is 0 Å². The third-order valence-corrected chi connectivity index (χ3v) is 2.56. The molecule has 0 unspecified atom stereocenters. The van der Waals surface area contributed by atoms with E-state index < -0.39 is 0 Å². The average molecular weight is 266 g/mol. The molecule has 1 N–H and O–H groups in total. The average Bonchev–Trinajstić information content (AvgIpc) is 2.31. The van der Waals surface area contributed by atoms with E-state index in [-0.39, 0.29) is 5.56 Å². The largest absolute Gasteiger partial charge is 0.268 e. The van der Waals surface area contributed by atoms with E-state index >= 15 is 0 Å². The second-order valence-electron chi connectivity index (χ2n) is 2.96. The van der Waals surface area contributed by atoms with E-state index in [1.807, 2.05) is 18.2 Å². The Morgan fingerprint density at radius 2 is 2.20 bits per heavy atom. The Hall–Kier alpha value is -1.49. The fourth-order valence-electron chi connectivity index (χ4n) is 1.19. The molecule has 0 radical (unpaired) electrons. The maximum atomic E-state index is 11.3. The van der Waals surface area contributed by atoms with Gasteiger partial charge in [0.05, 0.1) is 5.69 Å². The highest BCUT2D eigenvalue weighted by Crippen LogP contribution is 2.12. The van der Waals surface area contributed by atoms with Crippen molar-refractivity contribution in [3.8, 4) is 11.4 Å². The summed E-state index contributed by atoms with van der Waals surface area (Å²) in [4.78, 5) is 15.4. The van der Waals surface area contributed by atoms with Crippen molar-refractivity contribution in [1.29, 1.82) is 0 Å². The van der Waals surface area contributed by atoms with Crippen LogP contribution < -0.4 is 5.56 Å². The molecule has 0 bridgehead atoms. The summed E-state index contributed by atoms with van der Waals surface area (Å²) in [6.45, 7) is 0. The lowest BCUT2D eigenvalue weighted by Gasteiger charge is -2.00. The van der Waals surface area contributed by atoms with E-state index in [0.29, 0.717) is 16.6 Å². The summed E-state index contributed by atoms with van der Waals surface area (Å²) in [7, 11) is 0. The first kappa shape index (κ1) is 10.0. The van der Waals surface area contributed by atoms with Gasteiger partial charge in [-0.1, -0.05) is 22.0 Å². The molecule has 0 aliphatic heterocycles. The maximum Gasteiger partial charge on any atom is 0.268 e. The van der Waals surface area contributed by atoms with Crippen LogP contribution in [-0.4, -0.2) is 15.2 Å². The van der Waals surface area contributed by atoms with Crippen LogP contribution in [0.3, 0.4) is 0 Å². The Balaban J connectivity index is 2.51. The molecule has 4 nitrogen and oxygen atoms in total. The molecule has 2 aromatic heterocycles. The number of halogens is 1. The minimum absolute atomic E-state index is 0.174. The van der Waals surface area contributed by atoms with Gasteiger partial charge in [-0.3, -0.25) is 9.78 Å². The first-order chi connectivity index (χ1) is 7.31. The van der Waals surface area contributed by atoms with Crippen LogP contribution in [0.15, 0.2) is 35.3 Å². The Kier molecular flexibility index (Phi) is 2.91. The first-order valence-electron chi connectivity index (χ1n) is 4.37.